The number of hydrogen-bond acceptors (Lipinski definition) is 6. The molecule has 3 aromatic carbocycles. The summed E-state index contributed by atoms with van der Waals surface area (Å²) in [4.78, 5) is 30.6. The topological polar surface area (TPSA) is 81.9 Å². The first-order valence-electron chi connectivity index (χ1n) is 11.2. The third kappa shape index (κ3) is 4.74. The molecule has 0 unspecified atom stereocenters. The molecule has 7 nitrogen and oxygen atoms in total. The number of nitrogens with one attached hydrogen (secondary N) is 1. The van der Waals surface area contributed by atoms with E-state index in [4.69, 9.17) is 9.47 Å². The molecule has 0 spiro atoms. The van der Waals surface area contributed by atoms with Crippen molar-refractivity contribution in [1.29, 1.82) is 0 Å². The Bertz CT molecular complexity index is 1640. The lowest BCUT2D eigenvalue weighted by Crippen LogP contribution is -2.22. The number of carbonyl (C=O) groups excluding carboxylic acids is 1. The van der Waals surface area contributed by atoms with Crippen LogP contribution in [0.3, 0.4) is 0 Å². The lowest BCUT2D eigenvalue weighted by atomic mass is 10.2. The van der Waals surface area contributed by atoms with Crippen LogP contribution in [0.25, 0.3) is 22.1 Å². The van der Waals surface area contributed by atoms with E-state index >= 15 is 0 Å². The number of thiazole rings is 1. The molecule has 0 atom stereocenters. The van der Waals surface area contributed by atoms with Gasteiger partial charge in [-0.25, -0.2) is 9.38 Å². The average molecular weight is 486 g/mol. The molecule has 0 bridgehead atoms. The summed E-state index contributed by atoms with van der Waals surface area (Å²) >= 11 is 1.34. The predicted molar refractivity (Wildman–Crippen MR) is 139 cm³/mol. The Hall–Kier alpha value is -4.17. The molecule has 0 fully saturated rings. The van der Waals surface area contributed by atoms with Gasteiger partial charge in [0.15, 0.2) is 23.1 Å². The molecule has 0 radical (unpaired) electrons. The van der Waals surface area contributed by atoms with Crippen molar-refractivity contribution in [2.75, 3.05) is 18.5 Å². The first-order valence-corrected chi connectivity index (χ1v) is 12.0. The molecular formula is C27H23N3O4S. The highest BCUT2D eigenvalue weighted by Gasteiger charge is 2.12. The fourth-order valence-electron chi connectivity index (χ4n) is 3.74. The Morgan fingerprint density at radius 2 is 1.86 bits per heavy atom. The van der Waals surface area contributed by atoms with Crippen molar-refractivity contribution < 1.29 is 14.3 Å². The fraction of sp³-hybridized carbons (Fsp3) is 0.148. The first-order chi connectivity index (χ1) is 17.0. The van der Waals surface area contributed by atoms with Crippen LogP contribution in [-0.4, -0.2) is 28.5 Å². The SMILES string of the molecule is CCOc1cc(/C=c2\sc3nc4ccccc4n3c2=O)ccc1OCC(=O)Nc1ccc(C)cc1. The van der Waals surface area contributed by atoms with E-state index in [1.807, 2.05) is 74.5 Å². The number of imidazole rings is 1. The predicted octanol–water partition coefficient (Wildman–Crippen LogP) is 4.18. The monoisotopic (exact) mass is 485 g/mol. The Morgan fingerprint density at radius 3 is 2.66 bits per heavy atom. The number of rotatable bonds is 7. The summed E-state index contributed by atoms with van der Waals surface area (Å²) in [7, 11) is 0. The third-order valence-electron chi connectivity index (χ3n) is 5.40. The summed E-state index contributed by atoms with van der Waals surface area (Å²) in [5.41, 5.74) is 4.11. The van der Waals surface area contributed by atoms with E-state index in [0.29, 0.717) is 33.3 Å². The number of fused-ring (bicyclic) bond motifs is 3. The molecule has 0 aliphatic carbocycles. The van der Waals surface area contributed by atoms with E-state index < -0.39 is 0 Å². The number of amides is 1. The van der Waals surface area contributed by atoms with Crippen LogP contribution in [0.15, 0.2) is 71.5 Å². The van der Waals surface area contributed by atoms with Gasteiger partial charge in [0.2, 0.25) is 0 Å². The largest absolute Gasteiger partial charge is 0.490 e. The summed E-state index contributed by atoms with van der Waals surface area (Å²) in [5.74, 6) is 0.693. The highest BCUT2D eigenvalue weighted by atomic mass is 32.1. The zero-order valence-electron chi connectivity index (χ0n) is 19.3. The molecular weight excluding hydrogens is 462 g/mol. The van der Waals surface area contributed by atoms with Crippen LogP contribution in [0.5, 0.6) is 11.5 Å². The molecule has 0 aliphatic rings. The van der Waals surface area contributed by atoms with Gasteiger partial charge in [0.05, 0.1) is 22.2 Å². The summed E-state index contributed by atoms with van der Waals surface area (Å²) in [6, 6.07) is 20.5. The second-order valence-corrected chi connectivity index (χ2v) is 8.99. The Balaban J connectivity index is 1.38. The smallest absolute Gasteiger partial charge is 0.274 e. The minimum Gasteiger partial charge on any atom is -0.490 e. The summed E-state index contributed by atoms with van der Waals surface area (Å²) in [6.07, 6.45) is 1.81. The lowest BCUT2D eigenvalue weighted by molar-refractivity contribution is -0.118. The van der Waals surface area contributed by atoms with Crippen LogP contribution >= 0.6 is 11.3 Å². The number of aryl methyl sites for hydroxylation is 1. The van der Waals surface area contributed by atoms with Gasteiger partial charge in [-0.1, -0.05) is 47.2 Å². The van der Waals surface area contributed by atoms with Crippen LogP contribution < -0.4 is 24.9 Å². The molecule has 1 N–H and O–H groups in total. The number of aromatic nitrogens is 2. The van der Waals surface area contributed by atoms with Gasteiger partial charge in [0.25, 0.3) is 11.5 Å². The van der Waals surface area contributed by atoms with Gasteiger partial charge in [-0.3, -0.25) is 9.59 Å². The van der Waals surface area contributed by atoms with Crippen LogP contribution in [0, 0.1) is 6.92 Å². The molecule has 0 aliphatic heterocycles. The molecule has 0 saturated carbocycles. The highest BCUT2D eigenvalue weighted by molar-refractivity contribution is 7.15. The molecule has 0 saturated heterocycles. The highest BCUT2D eigenvalue weighted by Crippen LogP contribution is 2.29. The minimum atomic E-state index is -0.267. The lowest BCUT2D eigenvalue weighted by Gasteiger charge is -2.13. The van der Waals surface area contributed by atoms with Crippen LogP contribution in [0.1, 0.15) is 18.1 Å². The van der Waals surface area contributed by atoms with E-state index in [1.54, 1.807) is 16.5 Å². The maximum Gasteiger partial charge on any atom is 0.274 e. The van der Waals surface area contributed by atoms with Gasteiger partial charge in [-0.15, -0.1) is 0 Å². The van der Waals surface area contributed by atoms with Crippen molar-refractivity contribution in [1.82, 2.24) is 9.38 Å². The van der Waals surface area contributed by atoms with Gasteiger partial charge in [0.1, 0.15) is 0 Å². The van der Waals surface area contributed by atoms with Crippen molar-refractivity contribution >= 4 is 45.0 Å². The van der Waals surface area contributed by atoms with Gasteiger partial charge < -0.3 is 14.8 Å². The zero-order chi connectivity index (χ0) is 24.4. The maximum absolute atomic E-state index is 13.0. The van der Waals surface area contributed by atoms with Crippen molar-refractivity contribution in [2.45, 2.75) is 13.8 Å². The van der Waals surface area contributed by atoms with Gasteiger partial charge in [-0.2, -0.15) is 0 Å². The number of nitrogens with zero attached hydrogens (tertiary/aromatic N) is 2. The molecule has 2 heterocycles. The Labute approximate surface area is 205 Å². The molecule has 2 aromatic heterocycles. The summed E-state index contributed by atoms with van der Waals surface area (Å²) < 4.78 is 13.7. The molecule has 1 amide bonds. The van der Waals surface area contributed by atoms with Crippen LogP contribution in [0.2, 0.25) is 0 Å². The maximum atomic E-state index is 13.0. The normalized spacial score (nSPS) is 11.8. The fourth-order valence-corrected chi connectivity index (χ4v) is 4.73. The number of carbonyl (C=O) groups is 1. The number of hydrogen-bond donors (Lipinski definition) is 1. The second kappa shape index (κ2) is 9.60. The van der Waals surface area contributed by atoms with E-state index in [9.17, 15) is 9.59 Å². The molecule has 35 heavy (non-hydrogen) atoms. The molecule has 8 heteroatoms. The van der Waals surface area contributed by atoms with E-state index in [-0.39, 0.29) is 18.1 Å². The van der Waals surface area contributed by atoms with Gasteiger partial charge in [-0.05, 0) is 61.9 Å². The number of ether oxygens (including phenoxy) is 2. The summed E-state index contributed by atoms with van der Waals surface area (Å²) in [6.45, 7) is 4.14. The average Bonchev–Trinajstić information content (AvgIpc) is 3.36. The summed E-state index contributed by atoms with van der Waals surface area (Å²) in [5, 5.41) is 2.81. The minimum absolute atomic E-state index is 0.107. The van der Waals surface area contributed by atoms with Crippen molar-refractivity contribution in [3.8, 4) is 11.5 Å². The number of anilines is 1. The molecule has 5 rings (SSSR count). The number of para-hydroxylation sites is 2. The molecule has 5 aromatic rings. The van der Waals surface area contributed by atoms with Crippen molar-refractivity contribution in [3.05, 3.63) is 92.7 Å². The first kappa shape index (κ1) is 22.6. The molecule has 176 valence electrons. The van der Waals surface area contributed by atoms with E-state index in [1.165, 1.54) is 11.3 Å². The Kier molecular flexibility index (Phi) is 6.20. The Morgan fingerprint density at radius 1 is 1.06 bits per heavy atom. The van der Waals surface area contributed by atoms with Crippen LogP contribution in [0.4, 0.5) is 5.69 Å². The third-order valence-corrected chi connectivity index (χ3v) is 6.37. The van der Waals surface area contributed by atoms with E-state index in [0.717, 1.165) is 22.2 Å². The second-order valence-electron chi connectivity index (χ2n) is 7.98. The zero-order valence-corrected chi connectivity index (χ0v) is 20.1. The van der Waals surface area contributed by atoms with Crippen molar-refractivity contribution in [2.24, 2.45) is 0 Å². The van der Waals surface area contributed by atoms with Crippen LogP contribution in [-0.2, 0) is 4.79 Å². The van der Waals surface area contributed by atoms with Crippen molar-refractivity contribution in [3.63, 3.8) is 0 Å². The van der Waals surface area contributed by atoms with Gasteiger partial charge in [0, 0.05) is 5.69 Å². The van der Waals surface area contributed by atoms with E-state index in [2.05, 4.69) is 10.3 Å². The van der Waals surface area contributed by atoms with Gasteiger partial charge >= 0.3 is 0 Å². The standard InChI is InChI=1S/C27H23N3O4S/c1-3-33-23-14-18(10-13-22(23)34-16-25(31)28-19-11-8-17(2)9-12-19)15-24-26(32)30-21-7-5-4-6-20(21)29-27(30)35-24/h4-15H,3,16H2,1-2H3,(H,28,31)/b24-15-. The quantitative estimate of drug-likeness (QED) is 0.374. The number of benzene rings is 3.